The Balaban J connectivity index is 1.95. The first-order valence-corrected chi connectivity index (χ1v) is 7.80. The molecule has 1 atom stereocenters. The molecule has 1 saturated heterocycles. The molecule has 1 aliphatic rings. The van der Waals surface area contributed by atoms with Crippen LogP contribution >= 0.6 is 15.9 Å². The van der Waals surface area contributed by atoms with Gasteiger partial charge in [0, 0.05) is 11.4 Å². The maximum Gasteiger partial charge on any atom is 0.416 e. The van der Waals surface area contributed by atoms with Gasteiger partial charge in [0.05, 0.1) is 5.56 Å². The maximum atomic E-state index is 12.7. The van der Waals surface area contributed by atoms with Crippen molar-refractivity contribution in [3.05, 3.63) is 35.4 Å². The molecule has 0 bridgehead atoms. The Morgan fingerprint density at radius 3 is 2.50 bits per heavy atom. The lowest BCUT2D eigenvalue weighted by Crippen LogP contribution is -2.35. The number of hydrogen-bond acceptors (Lipinski definition) is 1. The third kappa shape index (κ3) is 4.22. The van der Waals surface area contributed by atoms with Crippen molar-refractivity contribution in [2.24, 2.45) is 5.92 Å². The molecule has 0 aromatic heterocycles. The Kier molecular flexibility index (Phi) is 5.13. The van der Waals surface area contributed by atoms with Crippen LogP contribution < -0.4 is 0 Å². The highest BCUT2D eigenvalue weighted by atomic mass is 79.9. The second-order valence-corrected chi connectivity index (χ2v) is 6.93. The molecule has 1 aromatic rings. The van der Waals surface area contributed by atoms with E-state index in [0.717, 1.165) is 37.6 Å². The largest absolute Gasteiger partial charge is 0.416 e. The standard InChI is InChI=1S/C15H19BrF3N/c1-11(16)13-5-7-20(8-6-13)10-12-3-2-4-14(9-12)15(17,18)19/h2-4,9,11,13H,5-8,10H2,1H3. The number of likely N-dealkylation sites (tertiary alicyclic amines) is 1. The average molecular weight is 350 g/mol. The normalized spacial score (nSPS) is 20.1. The summed E-state index contributed by atoms with van der Waals surface area (Å²) in [4.78, 5) is 2.75. The summed E-state index contributed by atoms with van der Waals surface area (Å²) in [7, 11) is 0. The lowest BCUT2D eigenvalue weighted by atomic mass is 9.94. The fourth-order valence-electron chi connectivity index (χ4n) is 2.67. The van der Waals surface area contributed by atoms with Crippen molar-refractivity contribution >= 4 is 15.9 Å². The SMILES string of the molecule is CC(Br)C1CCN(Cc2cccc(C(F)(F)F)c2)CC1. The van der Waals surface area contributed by atoms with Crippen LogP contribution in [-0.2, 0) is 12.7 Å². The molecule has 0 radical (unpaired) electrons. The van der Waals surface area contributed by atoms with Crippen LogP contribution in [0.2, 0.25) is 0 Å². The van der Waals surface area contributed by atoms with Crippen molar-refractivity contribution in [2.45, 2.75) is 37.3 Å². The Morgan fingerprint density at radius 2 is 1.95 bits per heavy atom. The molecule has 112 valence electrons. The van der Waals surface area contributed by atoms with E-state index in [2.05, 4.69) is 27.8 Å². The van der Waals surface area contributed by atoms with Crippen LogP contribution in [0.4, 0.5) is 13.2 Å². The first-order chi connectivity index (χ1) is 9.36. The van der Waals surface area contributed by atoms with E-state index in [1.54, 1.807) is 6.07 Å². The van der Waals surface area contributed by atoms with E-state index in [1.165, 1.54) is 12.1 Å². The molecule has 1 aliphatic heterocycles. The van der Waals surface area contributed by atoms with Crippen LogP contribution in [0, 0.1) is 5.92 Å². The van der Waals surface area contributed by atoms with Crippen molar-refractivity contribution in [2.75, 3.05) is 13.1 Å². The molecule has 2 rings (SSSR count). The fourth-order valence-corrected chi connectivity index (χ4v) is 3.20. The van der Waals surface area contributed by atoms with Crippen molar-refractivity contribution < 1.29 is 13.2 Å². The van der Waals surface area contributed by atoms with Crippen LogP contribution in [0.25, 0.3) is 0 Å². The molecular formula is C15H19BrF3N. The minimum absolute atomic E-state index is 0.512. The first-order valence-electron chi connectivity index (χ1n) is 6.89. The van der Waals surface area contributed by atoms with Crippen LogP contribution in [0.5, 0.6) is 0 Å². The highest BCUT2D eigenvalue weighted by molar-refractivity contribution is 9.09. The predicted octanol–water partition coefficient (Wildman–Crippen LogP) is 4.70. The monoisotopic (exact) mass is 349 g/mol. The number of hydrogen-bond donors (Lipinski definition) is 0. The molecule has 0 aliphatic carbocycles. The van der Waals surface area contributed by atoms with Gasteiger partial charge in [-0.05, 0) is 43.5 Å². The summed E-state index contributed by atoms with van der Waals surface area (Å²) in [6.07, 6.45) is -2.05. The number of benzene rings is 1. The fraction of sp³-hybridized carbons (Fsp3) is 0.600. The highest BCUT2D eigenvalue weighted by Crippen LogP contribution is 2.30. The molecule has 1 heterocycles. The molecule has 1 fully saturated rings. The van der Waals surface area contributed by atoms with Gasteiger partial charge < -0.3 is 0 Å². The smallest absolute Gasteiger partial charge is 0.299 e. The van der Waals surface area contributed by atoms with Crippen LogP contribution in [0.3, 0.4) is 0 Å². The van der Waals surface area contributed by atoms with Gasteiger partial charge in [-0.25, -0.2) is 0 Å². The van der Waals surface area contributed by atoms with Gasteiger partial charge in [0.2, 0.25) is 0 Å². The summed E-state index contributed by atoms with van der Waals surface area (Å²) in [5.41, 5.74) is 0.184. The second kappa shape index (κ2) is 6.48. The van der Waals surface area contributed by atoms with Crippen molar-refractivity contribution in [3.63, 3.8) is 0 Å². The quantitative estimate of drug-likeness (QED) is 0.715. The van der Waals surface area contributed by atoms with Crippen LogP contribution in [0.15, 0.2) is 24.3 Å². The topological polar surface area (TPSA) is 3.24 Å². The van der Waals surface area contributed by atoms with E-state index < -0.39 is 11.7 Å². The molecular weight excluding hydrogens is 331 g/mol. The lowest BCUT2D eigenvalue weighted by Gasteiger charge is -2.33. The van der Waals surface area contributed by atoms with Crippen LogP contribution in [-0.4, -0.2) is 22.8 Å². The molecule has 20 heavy (non-hydrogen) atoms. The number of nitrogens with zero attached hydrogens (tertiary/aromatic N) is 1. The summed E-state index contributed by atoms with van der Waals surface area (Å²) in [6, 6.07) is 5.65. The number of piperidine rings is 1. The van der Waals surface area contributed by atoms with Gasteiger partial charge >= 0.3 is 6.18 Å². The highest BCUT2D eigenvalue weighted by Gasteiger charge is 2.30. The van der Waals surface area contributed by atoms with E-state index in [0.29, 0.717) is 17.3 Å². The van der Waals surface area contributed by atoms with Gasteiger partial charge in [0.1, 0.15) is 0 Å². The number of rotatable bonds is 3. The summed E-state index contributed by atoms with van der Waals surface area (Å²) in [5, 5.41) is 0. The van der Waals surface area contributed by atoms with Gasteiger partial charge in [-0.1, -0.05) is 41.1 Å². The maximum absolute atomic E-state index is 12.7. The van der Waals surface area contributed by atoms with Gasteiger partial charge in [0.15, 0.2) is 0 Å². The number of halogens is 4. The molecule has 1 unspecified atom stereocenters. The molecule has 0 saturated carbocycles. The summed E-state index contributed by atoms with van der Waals surface area (Å²) in [5.74, 6) is 0.674. The predicted molar refractivity (Wildman–Crippen MR) is 77.8 cm³/mol. The molecule has 0 amide bonds. The Morgan fingerprint density at radius 1 is 1.30 bits per heavy atom. The lowest BCUT2D eigenvalue weighted by molar-refractivity contribution is -0.137. The molecule has 1 aromatic carbocycles. The Hall–Kier alpha value is -0.550. The van der Waals surface area contributed by atoms with Crippen LogP contribution in [0.1, 0.15) is 30.9 Å². The van der Waals surface area contributed by atoms with E-state index in [1.807, 2.05) is 0 Å². The van der Waals surface area contributed by atoms with E-state index in [9.17, 15) is 13.2 Å². The van der Waals surface area contributed by atoms with Crippen molar-refractivity contribution in [1.29, 1.82) is 0 Å². The molecule has 0 spiro atoms. The van der Waals surface area contributed by atoms with Crippen molar-refractivity contribution in [3.8, 4) is 0 Å². The van der Waals surface area contributed by atoms with E-state index in [4.69, 9.17) is 0 Å². The Bertz CT molecular complexity index is 437. The zero-order valence-corrected chi connectivity index (χ0v) is 13.0. The summed E-state index contributed by atoms with van der Waals surface area (Å²) in [6.45, 7) is 4.67. The molecule has 1 nitrogen and oxygen atoms in total. The summed E-state index contributed by atoms with van der Waals surface area (Å²) < 4.78 is 38.0. The summed E-state index contributed by atoms with van der Waals surface area (Å²) >= 11 is 3.61. The minimum atomic E-state index is -4.26. The molecule has 0 N–H and O–H groups in total. The third-order valence-corrected chi connectivity index (χ3v) is 4.69. The zero-order chi connectivity index (χ0) is 14.8. The zero-order valence-electron chi connectivity index (χ0n) is 11.5. The number of alkyl halides is 4. The Labute approximate surface area is 126 Å². The van der Waals surface area contributed by atoms with Gasteiger partial charge in [0.25, 0.3) is 0 Å². The van der Waals surface area contributed by atoms with E-state index >= 15 is 0 Å². The molecule has 5 heteroatoms. The van der Waals surface area contributed by atoms with Gasteiger partial charge in [-0.2, -0.15) is 13.2 Å². The van der Waals surface area contributed by atoms with Crippen molar-refractivity contribution in [1.82, 2.24) is 4.90 Å². The minimum Gasteiger partial charge on any atom is -0.299 e. The van der Waals surface area contributed by atoms with Gasteiger partial charge in [-0.15, -0.1) is 0 Å². The second-order valence-electron chi connectivity index (χ2n) is 5.49. The average Bonchev–Trinajstić information content (AvgIpc) is 2.38. The van der Waals surface area contributed by atoms with E-state index in [-0.39, 0.29) is 0 Å². The third-order valence-electron chi connectivity index (χ3n) is 3.94. The first kappa shape index (κ1) is 15.8. The van der Waals surface area contributed by atoms with Gasteiger partial charge in [-0.3, -0.25) is 4.90 Å².